The van der Waals surface area contributed by atoms with Crippen LogP contribution in [0.15, 0.2) is 18.2 Å². The summed E-state index contributed by atoms with van der Waals surface area (Å²) in [4.78, 5) is 20.4. The summed E-state index contributed by atoms with van der Waals surface area (Å²) in [6.45, 7) is 7.06. The fourth-order valence-corrected chi connectivity index (χ4v) is 5.64. The SMILES string of the molecule is Cc1ccc2sc(C3C(=O)NC(N4CCOCC4)NC3N[C@@H]3CCCNC3)nc2c1. The van der Waals surface area contributed by atoms with E-state index < -0.39 is 0 Å². The molecule has 1 amide bonds. The van der Waals surface area contributed by atoms with Crippen LogP contribution in [0, 0.1) is 6.92 Å². The highest BCUT2D eigenvalue weighted by Gasteiger charge is 2.42. The summed E-state index contributed by atoms with van der Waals surface area (Å²) in [5.41, 5.74) is 2.15. The highest BCUT2D eigenvalue weighted by Crippen LogP contribution is 2.32. The van der Waals surface area contributed by atoms with Gasteiger partial charge in [-0.25, -0.2) is 4.98 Å². The average Bonchev–Trinajstić information content (AvgIpc) is 3.17. The maximum Gasteiger partial charge on any atom is 0.235 e. The molecule has 3 aliphatic rings. The maximum atomic E-state index is 13.3. The topological polar surface area (TPSA) is 90.6 Å². The van der Waals surface area contributed by atoms with Crippen LogP contribution in [0.4, 0.5) is 0 Å². The summed E-state index contributed by atoms with van der Waals surface area (Å²) >= 11 is 1.62. The van der Waals surface area contributed by atoms with Gasteiger partial charge in [0.05, 0.1) is 29.6 Å². The van der Waals surface area contributed by atoms with Gasteiger partial charge in [-0.2, -0.15) is 0 Å². The van der Waals surface area contributed by atoms with Gasteiger partial charge in [-0.1, -0.05) is 6.07 Å². The summed E-state index contributed by atoms with van der Waals surface area (Å²) in [5.74, 6) is -0.329. The number of nitrogens with one attached hydrogen (secondary N) is 4. The molecule has 0 saturated carbocycles. The van der Waals surface area contributed by atoms with Crippen LogP contribution in [0.5, 0.6) is 0 Å². The van der Waals surface area contributed by atoms with E-state index in [-0.39, 0.29) is 24.3 Å². The van der Waals surface area contributed by atoms with Gasteiger partial charge in [-0.15, -0.1) is 11.3 Å². The molecule has 0 bridgehead atoms. The zero-order valence-corrected chi connectivity index (χ0v) is 18.1. The number of aromatic nitrogens is 1. The number of aryl methyl sites for hydroxylation is 1. The Morgan fingerprint density at radius 3 is 2.97 bits per heavy atom. The van der Waals surface area contributed by atoms with Crippen molar-refractivity contribution in [1.29, 1.82) is 0 Å². The van der Waals surface area contributed by atoms with Gasteiger partial charge >= 0.3 is 0 Å². The lowest BCUT2D eigenvalue weighted by molar-refractivity contribution is -0.131. The fraction of sp³-hybridized carbons (Fsp3) is 0.619. The monoisotopic (exact) mass is 430 g/mol. The molecule has 5 rings (SSSR count). The van der Waals surface area contributed by atoms with Crippen LogP contribution < -0.4 is 21.3 Å². The number of fused-ring (bicyclic) bond motifs is 1. The van der Waals surface area contributed by atoms with Crippen molar-refractivity contribution in [3.05, 3.63) is 28.8 Å². The molecule has 2 aromatic rings. The van der Waals surface area contributed by atoms with E-state index in [1.165, 1.54) is 5.56 Å². The van der Waals surface area contributed by atoms with E-state index in [1.807, 2.05) is 0 Å². The molecular weight excluding hydrogens is 400 g/mol. The minimum absolute atomic E-state index is 0.0299. The number of nitrogens with zero attached hydrogens (tertiary/aromatic N) is 2. The van der Waals surface area contributed by atoms with Gasteiger partial charge in [-0.3, -0.25) is 20.3 Å². The third kappa shape index (κ3) is 4.23. The van der Waals surface area contributed by atoms with Crippen molar-refractivity contribution >= 4 is 27.5 Å². The summed E-state index contributed by atoms with van der Waals surface area (Å²) in [5, 5.41) is 14.9. The molecule has 0 radical (unpaired) electrons. The van der Waals surface area contributed by atoms with Crippen LogP contribution in [0.25, 0.3) is 10.2 Å². The summed E-state index contributed by atoms with van der Waals surface area (Å²) in [6, 6.07) is 6.63. The molecule has 0 spiro atoms. The van der Waals surface area contributed by atoms with Crippen LogP contribution in [-0.4, -0.2) is 73.7 Å². The van der Waals surface area contributed by atoms with Crippen LogP contribution in [0.1, 0.15) is 29.3 Å². The molecule has 9 heteroatoms. The fourth-order valence-electron chi connectivity index (χ4n) is 4.55. The number of morpholine rings is 1. The lowest BCUT2D eigenvalue weighted by atomic mass is 10.00. The Bertz CT molecular complexity index is 893. The molecule has 4 N–H and O–H groups in total. The second-order valence-electron chi connectivity index (χ2n) is 8.41. The van der Waals surface area contributed by atoms with Crippen molar-refractivity contribution in [1.82, 2.24) is 31.2 Å². The van der Waals surface area contributed by atoms with E-state index >= 15 is 0 Å². The van der Waals surface area contributed by atoms with Gasteiger partial charge in [0.1, 0.15) is 17.2 Å². The Morgan fingerprint density at radius 1 is 1.30 bits per heavy atom. The molecule has 4 heterocycles. The number of hydrogen-bond acceptors (Lipinski definition) is 8. The van der Waals surface area contributed by atoms with Gasteiger partial charge in [0.25, 0.3) is 0 Å². The molecule has 162 valence electrons. The summed E-state index contributed by atoms with van der Waals surface area (Å²) in [7, 11) is 0. The van der Waals surface area contributed by atoms with Crippen molar-refractivity contribution in [3.8, 4) is 0 Å². The van der Waals surface area contributed by atoms with Crippen LogP contribution in [-0.2, 0) is 9.53 Å². The standard InChI is InChI=1S/C21H30N6O2S/c1-13-4-5-16-15(11-13)24-20(30-16)17-18(23-14-3-2-6-22-12-14)25-21(26-19(17)28)27-7-9-29-10-8-27/h4-5,11,14,17-18,21-23,25H,2-3,6-10,12H2,1H3,(H,26,28)/t14-,17?,18?,21?/m1/s1. The lowest BCUT2D eigenvalue weighted by Gasteiger charge is -2.44. The first kappa shape index (κ1) is 20.3. The highest BCUT2D eigenvalue weighted by molar-refractivity contribution is 7.18. The number of piperidine rings is 1. The largest absolute Gasteiger partial charge is 0.379 e. The minimum atomic E-state index is -0.359. The average molecular weight is 431 g/mol. The second-order valence-corrected chi connectivity index (χ2v) is 9.48. The van der Waals surface area contributed by atoms with Crippen LogP contribution >= 0.6 is 11.3 Å². The van der Waals surface area contributed by atoms with E-state index in [1.54, 1.807) is 11.3 Å². The second kappa shape index (κ2) is 8.86. The first-order valence-corrected chi connectivity index (χ1v) is 11.7. The van der Waals surface area contributed by atoms with E-state index in [0.29, 0.717) is 19.3 Å². The van der Waals surface area contributed by atoms with Crippen molar-refractivity contribution in [3.63, 3.8) is 0 Å². The molecule has 4 atom stereocenters. The van der Waals surface area contributed by atoms with Crippen molar-refractivity contribution in [2.75, 3.05) is 39.4 Å². The predicted octanol–water partition coefficient (Wildman–Crippen LogP) is 0.691. The molecule has 3 saturated heterocycles. The van der Waals surface area contributed by atoms with E-state index in [9.17, 15) is 4.79 Å². The van der Waals surface area contributed by atoms with E-state index in [4.69, 9.17) is 9.72 Å². The van der Waals surface area contributed by atoms with Gasteiger partial charge < -0.3 is 15.4 Å². The molecule has 3 unspecified atom stereocenters. The van der Waals surface area contributed by atoms with Crippen molar-refractivity contribution in [2.45, 2.75) is 44.2 Å². The van der Waals surface area contributed by atoms with Crippen LogP contribution in [0.2, 0.25) is 0 Å². The zero-order valence-electron chi connectivity index (χ0n) is 17.3. The molecule has 30 heavy (non-hydrogen) atoms. The number of ether oxygens (including phenoxy) is 1. The Morgan fingerprint density at radius 2 is 2.17 bits per heavy atom. The van der Waals surface area contributed by atoms with Gasteiger partial charge in [-0.05, 0) is 44.0 Å². The molecule has 3 fully saturated rings. The number of carbonyl (C=O) groups is 1. The number of amides is 1. The normalized spacial score (nSPS) is 31.0. The molecule has 1 aromatic heterocycles. The van der Waals surface area contributed by atoms with Gasteiger partial charge in [0.2, 0.25) is 5.91 Å². The Hall–Kier alpha value is -1.62. The minimum Gasteiger partial charge on any atom is -0.379 e. The van der Waals surface area contributed by atoms with Crippen molar-refractivity contribution in [2.24, 2.45) is 0 Å². The first-order chi connectivity index (χ1) is 14.7. The van der Waals surface area contributed by atoms with Crippen molar-refractivity contribution < 1.29 is 9.53 Å². The Balaban J connectivity index is 1.42. The zero-order chi connectivity index (χ0) is 20.5. The Kier molecular flexibility index (Phi) is 5.99. The molecule has 1 aromatic carbocycles. The van der Waals surface area contributed by atoms with Crippen LogP contribution in [0.3, 0.4) is 0 Å². The van der Waals surface area contributed by atoms with E-state index in [0.717, 1.165) is 54.2 Å². The molecular formula is C21H30N6O2S. The third-order valence-corrected chi connectivity index (χ3v) is 7.30. The Labute approximate surface area is 180 Å². The lowest BCUT2D eigenvalue weighted by Crippen LogP contribution is -2.71. The smallest absolute Gasteiger partial charge is 0.235 e. The number of benzene rings is 1. The molecule has 8 nitrogen and oxygen atoms in total. The quantitative estimate of drug-likeness (QED) is 0.567. The third-order valence-electron chi connectivity index (χ3n) is 6.18. The summed E-state index contributed by atoms with van der Waals surface area (Å²) < 4.78 is 6.61. The first-order valence-electron chi connectivity index (χ1n) is 10.9. The number of carbonyl (C=O) groups excluding carboxylic acids is 1. The summed E-state index contributed by atoms with van der Waals surface area (Å²) in [6.07, 6.45) is 1.90. The predicted molar refractivity (Wildman–Crippen MR) is 117 cm³/mol. The number of rotatable bonds is 4. The number of hydrogen-bond donors (Lipinski definition) is 4. The van der Waals surface area contributed by atoms with Gasteiger partial charge in [0.15, 0.2) is 0 Å². The highest BCUT2D eigenvalue weighted by atomic mass is 32.1. The number of thiazole rings is 1. The van der Waals surface area contributed by atoms with Gasteiger partial charge in [0, 0.05) is 25.7 Å². The molecule has 3 aliphatic heterocycles. The molecule has 0 aliphatic carbocycles. The maximum absolute atomic E-state index is 13.3. The van der Waals surface area contributed by atoms with E-state index in [2.05, 4.69) is 51.3 Å².